The minimum absolute atomic E-state index is 0.0171. The molecular formula is C30H31FN6O4S2. The molecule has 0 spiro atoms. The van der Waals surface area contributed by atoms with E-state index in [0.29, 0.717) is 36.3 Å². The first kappa shape index (κ1) is 30.4. The predicted octanol–water partition coefficient (Wildman–Crippen LogP) is 4.05. The summed E-state index contributed by atoms with van der Waals surface area (Å²) in [5.74, 6) is -0.414. The fraction of sp³-hybridized carbons (Fsp3) is 0.267. The number of anilines is 1. The van der Waals surface area contributed by atoms with Gasteiger partial charge in [-0.3, -0.25) is 14.2 Å². The number of rotatable bonds is 11. The van der Waals surface area contributed by atoms with Gasteiger partial charge >= 0.3 is 0 Å². The molecule has 0 saturated carbocycles. The van der Waals surface area contributed by atoms with Crippen LogP contribution in [-0.4, -0.2) is 64.7 Å². The van der Waals surface area contributed by atoms with Crippen molar-refractivity contribution in [2.45, 2.75) is 36.9 Å². The number of carbonyl (C=O) groups excluding carboxylic acids is 2. The zero-order chi connectivity index (χ0) is 30.6. The quantitative estimate of drug-likeness (QED) is 0.251. The molecule has 43 heavy (non-hydrogen) atoms. The van der Waals surface area contributed by atoms with Gasteiger partial charge in [0, 0.05) is 36.6 Å². The van der Waals surface area contributed by atoms with Crippen LogP contribution in [0.25, 0.3) is 5.69 Å². The van der Waals surface area contributed by atoms with E-state index in [1.54, 1.807) is 35.4 Å². The van der Waals surface area contributed by atoms with Crippen molar-refractivity contribution in [1.82, 2.24) is 24.4 Å². The molecule has 0 atom stereocenters. The number of para-hydroxylation sites is 1. The molecule has 0 bridgehead atoms. The van der Waals surface area contributed by atoms with Gasteiger partial charge in [-0.1, -0.05) is 43.8 Å². The first-order chi connectivity index (χ1) is 20.7. The van der Waals surface area contributed by atoms with Crippen molar-refractivity contribution in [3.8, 4) is 5.69 Å². The second-order valence-corrected chi connectivity index (χ2v) is 12.6. The highest BCUT2D eigenvalue weighted by molar-refractivity contribution is 7.99. The van der Waals surface area contributed by atoms with Crippen LogP contribution < -0.4 is 10.2 Å². The van der Waals surface area contributed by atoms with Crippen LogP contribution in [0.2, 0.25) is 0 Å². The second-order valence-electron chi connectivity index (χ2n) is 9.72. The average Bonchev–Trinajstić information content (AvgIpc) is 3.64. The molecule has 2 heterocycles. The molecule has 0 fully saturated rings. The Labute approximate surface area is 254 Å². The fourth-order valence-corrected chi connectivity index (χ4v) is 7.22. The third kappa shape index (κ3) is 6.48. The SMILES string of the molecule is CCN(CC)S(=O)(=O)c1ccc(C(=O)NCc2nnc(SCC(=O)N3CCc4ccccc43)n2-c2ccc(F)cc2)cc1. The number of nitrogens with one attached hydrogen (secondary N) is 1. The predicted molar refractivity (Wildman–Crippen MR) is 162 cm³/mol. The lowest BCUT2D eigenvalue weighted by Crippen LogP contribution is -2.30. The van der Waals surface area contributed by atoms with Crippen molar-refractivity contribution in [2.24, 2.45) is 0 Å². The van der Waals surface area contributed by atoms with Gasteiger partial charge in [0.05, 0.1) is 17.2 Å². The molecule has 1 aromatic heterocycles. The Bertz CT molecular complexity index is 1720. The van der Waals surface area contributed by atoms with Gasteiger partial charge in [-0.05, 0) is 66.6 Å². The maximum absolute atomic E-state index is 13.7. The number of nitrogens with zero attached hydrogens (tertiary/aromatic N) is 5. The molecule has 5 rings (SSSR count). The second kappa shape index (κ2) is 13.1. The van der Waals surface area contributed by atoms with Crippen molar-refractivity contribution in [1.29, 1.82) is 0 Å². The number of benzene rings is 3. The highest BCUT2D eigenvalue weighted by Crippen LogP contribution is 2.29. The molecule has 0 radical (unpaired) electrons. The summed E-state index contributed by atoms with van der Waals surface area (Å²) < 4.78 is 42.3. The van der Waals surface area contributed by atoms with E-state index in [-0.39, 0.29) is 28.7 Å². The Kier molecular flexibility index (Phi) is 9.23. The topological polar surface area (TPSA) is 118 Å². The first-order valence-corrected chi connectivity index (χ1v) is 16.2. The molecule has 2 amide bonds. The van der Waals surface area contributed by atoms with Crippen molar-refractivity contribution >= 4 is 39.3 Å². The molecule has 3 aromatic carbocycles. The van der Waals surface area contributed by atoms with E-state index in [2.05, 4.69) is 15.5 Å². The molecule has 10 nitrogen and oxygen atoms in total. The van der Waals surface area contributed by atoms with Crippen molar-refractivity contribution in [2.75, 3.05) is 30.3 Å². The van der Waals surface area contributed by atoms with Crippen molar-refractivity contribution < 1.29 is 22.4 Å². The molecule has 0 aliphatic carbocycles. The summed E-state index contributed by atoms with van der Waals surface area (Å²) in [6, 6.07) is 19.3. The van der Waals surface area contributed by atoms with Crippen LogP contribution in [0.5, 0.6) is 0 Å². The highest BCUT2D eigenvalue weighted by atomic mass is 32.2. The number of halogens is 1. The van der Waals surface area contributed by atoms with Crippen LogP contribution in [-0.2, 0) is 27.8 Å². The molecule has 1 aliphatic rings. The summed E-state index contributed by atoms with van der Waals surface area (Å²) in [5.41, 5.74) is 2.89. The van der Waals surface area contributed by atoms with Crippen molar-refractivity contribution in [3.05, 3.63) is 95.6 Å². The summed E-state index contributed by atoms with van der Waals surface area (Å²) in [6.45, 7) is 4.82. The first-order valence-electron chi connectivity index (χ1n) is 13.8. The maximum atomic E-state index is 13.7. The zero-order valence-electron chi connectivity index (χ0n) is 23.7. The molecule has 0 saturated heterocycles. The lowest BCUT2D eigenvalue weighted by atomic mass is 10.2. The van der Waals surface area contributed by atoms with Gasteiger partial charge in [0.1, 0.15) is 5.82 Å². The van der Waals surface area contributed by atoms with E-state index >= 15 is 0 Å². The Morgan fingerprint density at radius 2 is 1.67 bits per heavy atom. The smallest absolute Gasteiger partial charge is 0.251 e. The van der Waals surface area contributed by atoms with E-state index in [4.69, 9.17) is 0 Å². The van der Waals surface area contributed by atoms with Crippen LogP contribution in [0.4, 0.5) is 10.1 Å². The van der Waals surface area contributed by atoms with E-state index in [1.165, 1.54) is 52.5 Å². The van der Waals surface area contributed by atoms with E-state index in [9.17, 15) is 22.4 Å². The number of hydrogen-bond donors (Lipinski definition) is 1. The van der Waals surface area contributed by atoms with Gasteiger partial charge in [0.15, 0.2) is 11.0 Å². The average molecular weight is 623 g/mol. The zero-order valence-corrected chi connectivity index (χ0v) is 25.4. The van der Waals surface area contributed by atoms with Crippen LogP contribution in [0.1, 0.15) is 35.6 Å². The Morgan fingerprint density at radius 1 is 0.977 bits per heavy atom. The van der Waals surface area contributed by atoms with Gasteiger partial charge < -0.3 is 10.2 Å². The standard InChI is InChI=1S/C30H31FN6O4S2/c1-3-35(4-2)43(40,41)25-15-9-22(10-16-25)29(39)32-19-27-33-34-30(37(27)24-13-11-23(31)12-14-24)42-20-28(38)36-18-17-21-7-5-6-8-26(21)36/h5-16H,3-4,17-20H2,1-2H3,(H,32,39). The number of thioether (sulfide) groups is 1. The number of fused-ring (bicyclic) bond motifs is 1. The lowest BCUT2D eigenvalue weighted by Gasteiger charge is -2.18. The number of aromatic nitrogens is 3. The molecule has 0 unspecified atom stereocenters. The number of amides is 2. The summed E-state index contributed by atoms with van der Waals surface area (Å²) in [7, 11) is -3.64. The van der Waals surface area contributed by atoms with Crippen LogP contribution in [0.15, 0.2) is 82.8 Å². The fourth-order valence-electron chi connectivity index (χ4n) is 4.91. The van der Waals surface area contributed by atoms with Gasteiger partial charge in [-0.2, -0.15) is 4.31 Å². The van der Waals surface area contributed by atoms with Gasteiger partial charge in [-0.25, -0.2) is 12.8 Å². The lowest BCUT2D eigenvalue weighted by molar-refractivity contribution is -0.116. The van der Waals surface area contributed by atoms with E-state index in [0.717, 1.165) is 17.7 Å². The summed E-state index contributed by atoms with van der Waals surface area (Å²) >= 11 is 1.21. The minimum Gasteiger partial charge on any atom is -0.345 e. The third-order valence-corrected chi connectivity index (χ3v) is 10.1. The van der Waals surface area contributed by atoms with Gasteiger partial charge in [0.25, 0.3) is 5.91 Å². The van der Waals surface area contributed by atoms with Gasteiger partial charge in [-0.15, -0.1) is 10.2 Å². The van der Waals surface area contributed by atoms with E-state index in [1.807, 2.05) is 24.3 Å². The molecule has 13 heteroatoms. The highest BCUT2D eigenvalue weighted by Gasteiger charge is 2.26. The summed E-state index contributed by atoms with van der Waals surface area (Å²) in [6.07, 6.45) is 0.802. The molecule has 1 aliphatic heterocycles. The van der Waals surface area contributed by atoms with Crippen LogP contribution in [0.3, 0.4) is 0 Å². The maximum Gasteiger partial charge on any atom is 0.251 e. The Balaban J connectivity index is 1.31. The van der Waals surface area contributed by atoms with Crippen LogP contribution in [0, 0.1) is 5.82 Å². The largest absolute Gasteiger partial charge is 0.345 e. The molecule has 224 valence electrons. The number of carbonyl (C=O) groups is 2. The number of hydrogen-bond acceptors (Lipinski definition) is 7. The minimum atomic E-state index is -3.64. The normalized spacial score (nSPS) is 12.9. The monoisotopic (exact) mass is 622 g/mol. The number of sulfonamides is 1. The molecular weight excluding hydrogens is 592 g/mol. The molecule has 4 aromatic rings. The van der Waals surface area contributed by atoms with Gasteiger partial charge in [0.2, 0.25) is 15.9 Å². The van der Waals surface area contributed by atoms with Crippen LogP contribution >= 0.6 is 11.8 Å². The summed E-state index contributed by atoms with van der Waals surface area (Å²) in [5, 5.41) is 11.7. The Morgan fingerprint density at radius 3 is 2.37 bits per heavy atom. The third-order valence-electron chi connectivity index (χ3n) is 7.16. The van der Waals surface area contributed by atoms with E-state index < -0.39 is 21.7 Å². The van der Waals surface area contributed by atoms with Crippen molar-refractivity contribution in [3.63, 3.8) is 0 Å². The Hall–Kier alpha value is -4.07. The summed E-state index contributed by atoms with van der Waals surface area (Å²) in [4.78, 5) is 27.9. The molecule has 1 N–H and O–H groups in total.